The van der Waals surface area contributed by atoms with E-state index in [2.05, 4.69) is 29.5 Å². The van der Waals surface area contributed by atoms with Crippen LogP contribution in [0.3, 0.4) is 0 Å². The van der Waals surface area contributed by atoms with Gasteiger partial charge in [0.25, 0.3) is 0 Å². The minimum Gasteiger partial charge on any atom is -0.356 e. The summed E-state index contributed by atoms with van der Waals surface area (Å²) in [5.74, 6) is 0.621. The number of para-hydroxylation sites is 1. The van der Waals surface area contributed by atoms with Gasteiger partial charge in [0.1, 0.15) is 0 Å². The van der Waals surface area contributed by atoms with Crippen LogP contribution in [-0.4, -0.2) is 23.3 Å². The quantitative estimate of drug-likeness (QED) is 0.860. The molecule has 0 spiro atoms. The lowest BCUT2D eigenvalue weighted by Gasteiger charge is -2.27. The number of benzene rings is 1. The molecule has 26 heavy (non-hydrogen) atoms. The second-order valence-corrected chi connectivity index (χ2v) is 7.56. The molecule has 0 saturated heterocycles. The van der Waals surface area contributed by atoms with Crippen LogP contribution in [0.4, 0.5) is 5.69 Å². The molecule has 5 heteroatoms. The molecule has 1 aromatic carbocycles. The molecule has 0 bridgehead atoms. The van der Waals surface area contributed by atoms with Gasteiger partial charge in [-0.1, -0.05) is 32.0 Å². The van der Waals surface area contributed by atoms with Gasteiger partial charge in [0, 0.05) is 30.0 Å². The van der Waals surface area contributed by atoms with Crippen molar-refractivity contribution in [3.8, 4) is 0 Å². The monoisotopic (exact) mass is 353 g/mol. The van der Waals surface area contributed by atoms with Crippen molar-refractivity contribution >= 4 is 28.4 Å². The van der Waals surface area contributed by atoms with Crippen molar-refractivity contribution < 1.29 is 9.59 Å². The average molecular weight is 353 g/mol. The second kappa shape index (κ2) is 8.30. The summed E-state index contributed by atoms with van der Waals surface area (Å²) in [6.07, 6.45) is 4.79. The van der Waals surface area contributed by atoms with Gasteiger partial charge in [-0.3, -0.25) is 14.6 Å². The highest BCUT2D eigenvalue weighted by atomic mass is 16.2. The molecule has 3 rings (SSSR count). The molecule has 2 N–H and O–H groups in total. The van der Waals surface area contributed by atoms with E-state index in [0.29, 0.717) is 12.5 Å². The van der Waals surface area contributed by atoms with Crippen LogP contribution in [0.2, 0.25) is 0 Å². The van der Waals surface area contributed by atoms with E-state index in [0.717, 1.165) is 42.3 Å². The van der Waals surface area contributed by atoms with Crippen molar-refractivity contribution in [2.75, 3.05) is 11.9 Å². The molecule has 1 aromatic heterocycles. The van der Waals surface area contributed by atoms with Crippen LogP contribution < -0.4 is 10.6 Å². The predicted octanol–water partition coefficient (Wildman–Crippen LogP) is 3.75. The van der Waals surface area contributed by atoms with Crippen LogP contribution in [0.25, 0.3) is 10.9 Å². The Labute approximate surface area is 154 Å². The van der Waals surface area contributed by atoms with E-state index in [-0.39, 0.29) is 23.7 Å². The summed E-state index contributed by atoms with van der Waals surface area (Å²) in [6.45, 7) is 4.89. The van der Waals surface area contributed by atoms with Crippen LogP contribution >= 0.6 is 0 Å². The fourth-order valence-electron chi connectivity index (χ4n) is 3.51. The first-order valence-corrected chi connectivity index (χ1v) is 9.47. The Morgan fingerprint density at radius 3 is 2.38 bits per heavy atom. The van der Waals surface area contributed by atoms with Crippen molar-refractivity contribution in [1.29, 1.82) is 0 Å². The summed E-state index contributed by atoms with van der Waals surface area (Å²) in [7, 11) is 0. The van der Waals surface area contributed by atoms with Gasteiger partial charge in [0.15, 0.2) is 0 Å². The fourth-order valence-corrected chi connectivity index (χ4v) is 3.51. The molecule has 138 valence electrons. The first-order valence-electron chi connectivity index (χ1n) is 9.47. The number of nitrogens with zero attached hydrogens (tertiary/aromatic N) is 1. The molecule has 1 fully saturated rings. The molecule has 0 radical (unpaired) electrons. The third-order valence-corrected chi connectivity index (χ3v) is 5.04. The Hall–Kier alpha value is -2.43. The number of hydrogen-bond donors (Lipinski definition) is 2. The van der Waals surface area contributed by atoms with E-state index in [1.165, 1.54) is 0 Å². The first-order chi connectivity index (χ1) is 12.5. The van der Waals surface area contributed by atoms with Crippen LogP contribution in [-0.2, 0) is 9.59 Å². The minimum absolute atomic E-state index is 0.0317. The lowest BCUT2D eigenvalue weighted by molar-refractivity contribution is -0.128. The van der Waals surface area contributed by atoms with Gasteiger partial charge >= 0.3 is 0 Å². The molecular weight excluding hydrogens is 326 g/mol. The molecular formula is C21H27N3O2. The molecule has 2 amide bonds. The molecule has 2 aromatic rings. The maximum atomic E-state index is 12.7. The predicted molar refractivity (Wildman–Crippen MR) is 104 cm³/mol. The van der Waals surface area contributed by atoms with E-state index in [9.17, 15) is 9.59 Å². The van der Waals surface area contributed by atoms with Gasteiger partial charge in [0.2, 0.25) is 11.8 Å². The largest absolute Gasteiger partial charge is 0.356 e. The van der Waals surface area contributed by atoms with Crippen molar-refractivity contribution in [3.63, 3.8) is 0 Å². The van der Waals surface area contributed by atoms with Gasteiger partial charge in [-0.2, -0.15) is 0 Å². The number of aromatic nitrogens is 1. The highest BCUT2D eigenvalue weighted by molar-refractivity contribution is 6.01. The highest BCUT2D eigenvalue weighted by Crippen LogP contribution is 2.30. The van der Waals surface area contributed by atoms with Gasteiger partial charge in [0.05, 0.1) is 11.2 Å². The summed E-state index contributed by atoms with van der Waals surface area (Å²) in [6, 6.07) is 9.67. The molecule has 0 aliphatic heterocycles. The molecule has 5 nitrogen and oxygen atoms in total. The summed E-state index contributed by atoms with van der Waals surface area (Å²) in [4.78, 5) is 29.2. The third kappa shape index (κ3) is 4.40. The lowest BCUT2D eigenvalue weighted by atomic mass is 9.81. The lowest BCUT2D eigenvalue weighted by Crippen LogP contribution is -2.37. The third-order valence-electron chi connectivity index (χ3n) is 5.04. The molecule has 0 unspecified atom stereocenters. The number of anilines is 1. The Morgan fingerprint density at radius 1 is 1.04 bits per heavy atom. The molecule has 0 atom stereocenters. The van der Waals surface area contributed by atoms with Gasteiger partial charge in [-0.15, -0.1) is 0 Å². The maximum Gasteiger partial charge on any atom is 0.227 e. The number of rotatable bonds is 5. The number of nitrogens with one attached hydrogen (secondary N) is 2. The maximum absolute atomic E-state index is 12.7. The number of amides is 2. The van der Waals surface area contributed by atoms with Crippen LogP contribution in [0, 0.1) is 17.8 Å². The van der Waals surface area contributed by atoms with E-state index >= 15 is 0 Å². The Balaban J connectivity index is 1.56. The number of hydrogen-bond acceptors (Lipinski definition) is 3. The van der Waals surface area contributed by atoms with Crippen LogP contribution in [0.15, 0.2) is 36.5 Å². The Kier molecular flexibility index (Phi) is 5.86. The Morgan fingerprint density at radius 2 is 1.69 bits per heavy atom. The van der Waals surface area contributed by atoms with Crippen LogP contribution in [0.1, 0.15) is 39.5 Å². The van der Waals surface area contributed by atoms with Gasteiger partial charge < -0.3 is 10.6 Å². The van der Waals surface area contributed by atoms with Crippen LogP contribution in [0.5, 0.6) is 0 Å². The highest BCUT2D eigenvalue weighted by Gasteiger charge is 2.30. The molecule has 1 saturated carbocycles. The number of fused-ring (bicyclic) bond motifs is 1. The molecule has 1 aliphatic carbocycles. The normalized spacial score (nSPS) is 20.1. The Bertz CT molecular complexity index is 774. The van der Waals surface area contributed by atoms with Crippen molar-refractivity contribution in [2.45, 2.75) is 39.5 Å². The average Bonchev–Trinajstić information content (AvgIpc) is 2.66. The van der Waals surface area contributed by atoms with E-state index < -0.39 is 0 Å². The standard InChI is InChI=1S/C21H27N3O2/c1-14(2)13-23-20(25)16-8-10-17(11-9-16)21(26)24-18-7-3-5-15-6-4-12-22-19(15)18/h3-7,12,14,16-17H,8-11,13H2,1-2H3,(H,23,25)(H,24,26). The van der Waals surface area contributed by atoms with E-state index in [1.54, 1.807) is 6.20 Å². The zero-order valence-corrected chi connectivity index (χ0v) is 15.5. The topological polar surface area (TPSA) is 71.1 Å². The van der Waals surface area contributed by atoms with Gasteiger partial charge in [-0.25, -0.2) is 0 Å². The summed E-state index contributed by atoms with van der Waals surface area (Å²) < 4.78 is 0. The minimum atomic E-state index is -0.0388. The number of carbonyl (C=O) groups excluding carboxylic acids is 2. The van der Waals surface area contributed by atoms with Gasteiger partial charge in [-0.05, 0) is 43.7 Å². The van der Waals surface area contributed by atoms with E-state index in [4.69, 9.17) is 0 Å². The van der Waals surface area contributed by atoms with Crippen molar-refractivity contribution in [1.82, 2.24) is 10.3 Å². The van der Waals surface area contributed by atoms with Crippen molar-refractivity contribution in [3.05, 3.63) is 36.5 Å². The number of pyridine rings is 1. The zero-order valence-electron chi connectivity index (χ0n) is 15.5. The van der Waals surface area contributed by atoms with Crippen molar-refractivity contribution in [2.24, 2.45) is 17.8 Å². The summed E-state index contributed by atoms with van der Waals surface area (Å²) in [5.41, 5.74) is 1.56. The summed E-state index contributed by atoms with van der Waals surface area (Å²) >= 11 is 0. The number of carbonyl (C=O) groups is 2. The smallest absolute Gasteiger partial charge is 0.227 e. The molecule has 1 heterocycles. The first kappa shape index (κ1) is 18.4. The van der Waals surface area contributed by atoms with E-state index in [1.807, 2.05) is 30.3 Å². The zero-order chi connectivity index (χ0) is 18.5. The summed E-state index contributed by atoms with van der Waals surface area (Å²) in [5, 5.41) is 7.05. The second-order valence-electron chi connectivity index (χ2n) is 7.56. The molecule has 1 aliphatic rings. The SMILES string of the molecule is CC(C)CNC(=O)C1CCC(C(=O)Nc2cccc3cccnc23)CC1. The fraction of sp³-hybridized carbons (Fsp3) is 0.476.